The van der Waals surface area contributed by atoms with Gasteiger partial charge < -0.3 is 19.5 Å². The van der Waals surface area contributed by atoms with Gasteiger partial charge in [0.25, 0.3) is 5.91 Å². The van der Waals surface area contributed by atoms with Gasteiger partial charge in [-0.05, 0) is 49.7 Å². The summed E-state index contributed by atoms with van der Waals surface area (Å²) in [4.78, 5) is 24.0. The molecule has 0 aliphatic rings. The van der Waals surface area contributed by atoms with Gasteiger partial charge in [0.15, 0.2) is 12.7 Å². The van der Waals surface area contributed by atoms with E-state index in [1.165, 1.54) is 14.0 Å². The number of amides is 1. The smallest absolute Gasteiger partial charge is 0.344 e. The molecule has 7 heteroatoms. The number of aryl methyl sites for hydroxylation is 1. The Morgan fingerprint density at radius 1 is 1.15 bits per heavy atom. The summed E-state index contributed by atoms with van der Waals surface area (Å²) in [6.45, 7) is 3.01. The average Bonchev–Trinajstić information content (AvgIpc) is 2.62. The molecule has 0 aliphatic carbocycles. The summed E-state index contributed by atoms with van der Waals surface area (Å²) in [5.41, 5.74) is 1.38. The second-order valence-corrected chi connectivity index (χ2v) is 5.96. The predicted molar refractivity (Wildman–Crippen MR) is 98.9 cm³/mol. The van der Waals surface area contributed by atoms with Crippen molar-refractivity contribution in [3.05, 3.63) is 53.1 Å². The molecule has 2 rings (SSSR count). The molecule has 1 amide bonds. The molecular weight excluding hydrogens is 358 g/mol. The molecule has 0 aromatic heterocycles. The number of benzene rings is 2. The van der Waals surface area contributed by atoms with Crippen LogP contribution in [-0.2, 0) is 14.3 Å². The van der Waals surface area contributed by atoms with Gasteiger partial charge in [-0.15, -0.1) is 0 Å². The lowest BCUT2D eigenvalue weighted by Gasteiger charge is -2.14. The number of hydrogen-bond acceptors (Lipinski definition) is 5. The van der Waals surface area contributed by atoms with Crippen LogP contribution in [-0.4, -0.2) is 31.7 Å². The van der Waals surface area contributed by atoms with Gasteiger partial charge in [-0.3, -0.25) is 4.79 Å². The molecule has 0 bridgehead atoms. The Labute approximate surface area is 157 Å². The van der Waals surface area contributed by atoms with Crippen LogP contribution in [0, 0.1) is 6.92 Å². The number of esters is 1. The highest BCUT2D eigenvalue weighted by atomic mass is 35.5. The molecule has 138 valence electrons. The van der Waals surface area contributed by atoms with E-state index in [4.69, 9.17) is 25.8 Å². The molecule has 0 fully saturated rings. The maximum absolute atomic E-state index is 12.1. The van der Waals surface area contributed by atoms with Crippen molar-refractivity contribution in [3.8, 4) is 11.5 Å². The number of methoxy groups -OCH3 is 1. The van der Waals surface area contributed by atoms with E-state index in [2.05, 4.69) is 5.32 Å². The first kappa shape index (κ1) is 19.6. The van der Waals surface area contributed by atoms with Crippen molar-refractivity contribution in [2.24, 2.45) is 0 Å². The minimum Gasteiger partial charge on any atom is -0.497 e. The van der Waals surface area contributed by atoms with Crippen LogP contribution < -0.4 is 14.8 Å². The van der Waals surface area contributed by atoms with Crippen molar-refractivity contribution < 1.29 is 23.8 Å². The van der Waals surface area contributed by atoms with E-state index in [0.717, 1.165) is 5.56 Å². The second-order valence-electron chi connectivity index (χ2n) is 5.55. The van der Waals surface area contributed by atoms with Crippen molar-refractivity contribution in [1.82, 2.24) is 0 Å². The average molecular weight is 378 g/mol. The van der Waals surface area contributed by atoms with Crippen molar-refractivity contribution in [1.29, 1.82) is 0 Å². The summed E-state index contributed by atoms with van der Waals surface area (Å²) >= 11 is 5.93. The zero-order valence-corrected chi connectivity index (χ0v) is 15.5. The van der Waals surface area contributed by atoms with E-state index in [1.807, 2.05) is 6.92 Å². The molecule has 26 heavy (non-hydrogen) atoms. The number of anilines is 1. The summed E-state index contributed by atoms with van der Waals surface area (Å²) in [6, 6.07) is 11.9. The highest BCUT2D eigenvalue weighted by Crippen LogP contribution is 2.21. The molecule has 0 aliphatic heterocycles. The molecule has 2 aromatic rings. The third kappa shape index (κ3) is 5.67. The minimum absolute atomic E-state index is 0.308. The molecular formula is C19H20ClNO5. The summed E-state index contributed by atoms with van der Waals surface area (Å²) in [5, 5.41) is 3.27. The van der Waals surface area contributed by atoms with Crippen LogP contribution in [0.15, 0.2) is 42.5 Å². The van der Waals surface area contributed by atoms with E-state index in [1.54, 1.807) is 42.5 Å². The number of ether oxygens (including phenoxy) is 3. The number of carbonyl (C=O) groups is 2. The van der Waals surface area contributed by atoms with Crippen molar-refractivity contribution in [2.75, 3.05) is 19.0 Å². The Kier molecular flexibility index (Phi) is 6.86. The van der Waals surface area contributed by atoms with Gasteiger partial charge in [0, 0.05) is 16.8 Å². The SMILES string of the molecule is COc1cccc(NC(=O)[C@@H](C)OC(=O)COc2ccc(Cl)c(C)c2)c1. The van der Waals surface area contributed by atoms with Crippen LogP contribution in [0.5, 0.6) is 11.5 Å². The maximum Gasteiger partial charge on any atom is 0.344 e. The molecule has 0 radical (unpaired) electrons. The van der Waals surface area contributed by atoms with Crippen molar-refractivity contribution in [3.63, 3.8) is 0 Å². The molecule has 1 atom stereocenters. The molecule has 0 saturated carbocycles. The van der Waals surface area contributed by atoms with Gasteiger partial charge in [-0.2, -0.15) is 0 Å². The molecule has 0 heterocycles. The minimum atomic E-state index is -0.968. The normalized spacial score (nSPS) is 11.4. The summed E-state index contributed by atoms with van der Waals surface area (Å²) in [6.07, 6.45) is -0.968. The maximum atomic E-state index is 12.1. The van der Waals surface area contributed by atoms with Crippen LogP contribution in [0.3, 0.4) is 0 Å². The van der Waals surface area contributed by atoms with Gasteiger partial charge in [-0.25, -0.2) is 4.79 Å². The van der Waals surface area contributed by atoms with E-state index in [9.17, 15) is 9.59 Å². The largest absolute Gasteiger partial charge is 0.497 e. The van der Waals surface area contributed by atoms with E-state index in [-0.39, 0.29) is 6.61 Å². The first-order chi connectivity index (χ1) is 12.4. The molecule has 0 saturated heterocycles. The lowest BCUT2D eigenvalue weighted by Crippen LogP contribution is -2.31. The molecule has 2 aromatic carbocycles. The van der Waals surface area contributed by atoms with Crippen LogP contribution in [0.1, 0.15) is 12.5 Å². The first-order valence-electron chi connectivity index (χ1n) is 7.92. The zero-order chi connectivity index (χ0) is 19.1. The number of halogens is 1. The van der Waals surface area contributed by atoms with Crippen molar-refractivity contribution >= 4 is 29.2 Å². The van der Waals surface area contributed by atoms with E-state index >= 15 is 0 Å². The zero-order valence-electron chi connectivity index (χ0n) is 14.7. The third-order valence-electron chi connectivity index (χ3n) is 3.50. The Hall–Kier alpha value is -2.73. The lowest BCUT2D eigenvalue weighted by atomic mass is 10.2. The van der Waals surface area contributed by atoms with Gasteiger partial charge in [-0.1, -0.05) is 17.7 Å². The van der Waals surface area contributed by atoms with Crippen molar-refractivity contribution in [2.45, 2.75) is 20.0 Å². The topological polar surface area (TPSA) is 73.9 Å². The standard InChI is InChI=1S/C19H20ClNO5/c1-12-9-16(7-8-17(12)20)25-11-18(22)26-13(2)19(23)21-14-5-4-6-15(10-14)24-3/h4-10,13H,11H2,1-3H3,(H,21,23)/t13-/m1/s1. The third-order valence-corrected chi connectivity index (χ3v) is 3.92. The number of carbonyl (C=O) groups excluding carboxylic acids is 2. The number of nitrogens with one attached hydrogen (secondary N) is 1. The highest BCUT2D eigenvalue weighted by molar-refractivity contribution is 6.31. The molecule has 1 N–H and O–H groups in total. The highest BCUT2D eigenvalue weighted by Gasteiger charge is 2.18. The Balaban J connectivity index is 1.83. The first-order valence-corrected chi connectivity index (χ1v) is 8.30. The van der Waals surface area contributed by atoms with Crippen LogP contribution in [0.2, 0.25) is 5.02 Å². The fourth-order valence-electron chi connectivity index (χ4n) is 2.08. The quantitative estimate of drug-likeness (QED) is 0.746. The van der Waals surface area contributed by atoms with Crippen LogP contribution >= 0.6 is 11.6 Å². The van der Waals surface area contributed by atoms with E-state index < -0.39 is 18.0 Å². The van der Waals surface area contributed by atoms with Gasteiger partial charge in [0.05, 0.1) is 7.11 Å². The Morgan fingerprint density at radius 3 is 2.62 bits per heavy atom. The van der Waals surface area contributed by atoms with Gasteiger partial charge >= 0.3 is 5.97 Å². The van der Waals surface area contributed by atoms with E-state index in [0.29, 0.717) is 22.2 Å². The Morgan fingerprint density at radius 2 is 1.92 bits per heavy atom. The summed E-state index contributed by atoms with van der Waals surface area (Å²) in [5.74, 6) is 0.0104. The van der Waals surface area contributed by atoms with Gasteiger partial charge in [0.1, 0.15) is 11.5 Å². The number of rotatable bonds is 7. The molecule has 6 nitrogen and oxygen atoms in total. The molecule has 0 spiro atoms. The Bertz CT molecular complexity index is 793. The van der Waals surface area contributed by atoms with Crippen LogP contribution in [0.25, 0.3) is 0 Å². The van der Waals surface area contributed by atoms with Crippen LogP contribution in [0.4, 0.5) is 5.69 Å². The number of hydrogen-bond donors (Lipinski definition) is 1. The predicted octanol–water partition coefficient (Wildman–Crippen LogP) is 3.61. The lowest BCUT2D eigenvalue weighted by molar-refractivity contribution is -0.155. The fourth-order valence-corrected chi connectivity index (χ4v) is 2.20. The van der Waals surface area contributed by atoms with Gasteiger partial charge in [0.2, 0.25) is 0 Å². The monoisotopic (exact) mass is 377 g/mol. The summed E-state index contributed by atoms with van der Waals surface area (Å²) < 4.78 is 15.5. The molecule has 0 unspecified atom stereocenters. The summed E-state index contributed by atoms with van der Waals surface area (Å²) in [7, 11) is 1.54. The fraction of sp³-hybridized carbons (Fsp3) is 0.263. The second kappa shape index (κ2) is 9.10.